The van der Waals surface area contributed by atoms with Gasteiger partial charge in [0.1, 0.15) is 0 Å². The number of alkyl halides is 1. The topological polar surface area (TPSA) is 37.4 Å². The zero-order valence-corrected chi connectivity index (χ0v) is 14.3. The number of anilines is 1. The average Bonchev–Trinajstić information content (AvgIpc) is 2.41. The summed E-state index contributed by atoms with van der Waals surface area (Å²) in [6.07, 6.45) is 4.61. The van der Waals surface area contributed by atoms with Crippen molar-refractivity contribution in [2.75, 3.05) is 22.5 Å². The van der Waals surface area contributed by atoms with Crippen molar-refractivity contribution in [2.45, 2.75) is 43.5 Å². The first-order chi connectivity index (χ1) is 9.60. The highest BCUT2D eigenvalue weighted by Gasteiger charge is 2.28. The number of benzene rings is 1. The Kier molecular flexibility index (Phi) is 5.49. The van der Waals surface area contributed by atoms with Gasteiger partial charge in [-0.25, -0.2) is 8.42 Å². The maximum atomic E-state index is 12.3. The standard InChI is InChI=1S/C15H22BrNO2S/c1-2-20(18,19)15-10-4-3-9-14(15)17(12-6-11-16)13-7-5-8-13/h3-4,9-10,13H,2,5-8,11-12H2,1H3. The Morgan fingerprint density at radius 2 is 2.00 bits per heavy atom. The highest BCUT2D eigenvalue weighted by Crippen LogP contribution is 2.34. The highest BCUT2D eigenvalue weighted by atomic mass is 79.9. The zero-order chi connectivity index (χ0) is 14.6. The minimum atomic E-state index is -3.17. The fourth-order valence-electron chi connectivity index (χ4n) is 2.54. The molecule has 1 fully saturated rings. The van der Waals surface area contributed by atoms with Crippen LogP contribution < -0.4 is 4.90 Å². The lowest BCUT2D eigenvalue weighted by atomic mass is 9.91. The predicted molar refractivity (Wildman–Crippen MR) is 87.6 cm³/mol. The van der Waals surface area contributed by atoms with E-state index in [2.05, 4.69) is 20.8 Å². The lowest BCUT2D eigenvalue weighted by Gasteiger charge is -2.40. The second-order valence-corrected chi connectivity index (χ2v) is 8.23. The molecule has 0 aliphatic heterocycles. The van der Waals surface area contributed by atoms with E-state index in [4.69, 9.17) is 0 Å². The van der Waals surface area contributed by atoms with E-state index in [1.54, 1.807) is 13.0 Å². The Bertz CT molecular complexity index is 541. The fraction of sp³-hybridized carbons (Fsp3) is 0.600. The predicted octanol–water partition coefficient (Wildman–Crippen LogP) is 3.62. The zero-order valence-electron chi connectivity index (χ0n) is 11.9. The van der Waals surface area contributed by atoms with E-state index in [0.717, 1.165) is 24.0 Å². The molecular weight excluding hydrogens is 338 g/mol. The SMILES string of the molecule is CCS(=O)(=O)c1ccccc1N(CCCBr)C1CCC1. The molecule has 5 heteroatoms. The van der Waals surface area contributed by atoms with E-state index in [0.29, 0.717) is 10.9 Å². The summed E-state index contributed by atoms with van der Waals surface area (Å²) in [5, 5.41) is 0.943. The van der Waals surface area contributed by atoms with Gasteiger partial charge in [0, 0.05) is 17.9 Å². The van der Waals surface area contributed by atoms with Crippen LogP contribution in [0.25, 0.3) is 0 Å². The molecular formula is C15H22BrNO2S. The van der Waals surface area contributed by atoms with Crippen LogP contribution in [-0.4, -0.2) is 32.1 Å². The third-order valence-corrected chi connectivity index (χ3v) is 6.27. The van der Waals surface area contributed by atoms with Gasteiger partial charge in [-0.3, -0.25) is 0 Å². The monoisotopic (exact) mass is 359 g/mol. The molecule has 1 aromatic carbocycles. The van der Waals surface area contributed by atoms with Crippen molar-refractivity contribution in [1.82, 2.24) is 0 Å². The average molecular weight is 360 g/mol. The number of rotatable bonds is 7. The smallest absolute Gasteiger partial charge is 0.180 e. The van der Waals surface area contributed by atoms with Crippen molar-refractivity contribution >= 4 is 31.5 Å². The van der Waals surface area contributed by atoms with Crippen molar-refractivity contribution < 1.29 is 8.42 Å². The molecule has 2 rings (SSSR count). The van der Waals surface area contributed by atoms with Crippen LogP contribution in [-0.2, 0) is 9.84 Å². The Morgan fingerprint density at radius 3 is 2.55 bits per heavy atom. The quantitative estimate of drug-likeness (QED) is 0.697. The van der Waals surface area contributed by atoms with Gasteiger partial charge < -0.3 is 4.90 Å². The Hall–Kier alpha value is -0.550. The first-order valence-electron chi connectivity index (χ1n) is 7.24. The van der Waals surface area contributed by atoms with Crippen LogP contribution in [0.4, 0.5) is 5.69 Å². The van der Waals surface area contributed by atoms with Crippen LogP contribution in [0.3, 0.4) is 0 Å². The molecule has 0 amide bonds. The number of hydrogen-bond donors (Lipinski definition) is 0. The van der Waals surface area contributed by atoms with Gasteiger partial charge in [0.15, 0.2) is 9.84 Å². The summed E-state index contributed by atoms with van der Waals surface area (Å²) < 4.78 is 24.6. The van der Waals surface area contributed by atoms with Crippen molar-refractivity contribution in [3.8, 4) is 0 Å². The van der Waals surface area contributed by atoms with E-state index in [1.165, 1.54) is 19.3 Å². The second kappa shape index (κ2) is 6.94. The van der Waals surface area contributed by atoms with Crippen molar-refractivity contribution in [3.05, 3.63) is 24.3 Å². The van der Waals surface area contributed by atoms with E-state index >= 15 is 0 Å². The molecule has 1 aliphatic rings. The molecule has 0 unspecified atom stereocenters. The molecule has 0 atom stereocenters. The van der Waals surface area contributed by atoms with Crippen molar-refractivity contribution in [2.24, 2.45) is 0 Å². The lowest BCUT2D eigenvalue weighted by Crippen LogP contribution is -2.41. The van der Waals surface area contributed by atoms with Crippen LogP contribution in [0, 0.1) is 0 Å². The molecule has 1 saturated carbocycles. The largest absolute Gasteiger partial charge is 0.367 e. The van der Waals surface area contributed by atoms with E-state index in [1.807, 2.05) is 18.2 Å². The van der Waals surface area contributed by atoms with Gasteiger partial charge in [0.05, 0.1) is 16.3 Å². The molecule has 3 nitrogen and oxygen atoms in total. The Labute approximate surface area is 130 Å². The molecule has 0 radical (unpaired) electrons. The van der Waals surface area contributed by atoms with Crippen LogP contribution >= 0.6 is 15.9 Å². The van der Waals surface area contributed by atoms with Crippen molar-refractivity contribution in [1.29, 1.82) is 0 Å². The minimum absolute atomic E-state index is 0.154. The summed E-state index contributed by atoms with van der Waals surface area (Å²) in [5.41, 5.74) is 0.889. The van der Waals surface area contributed by atoms with Crippen LogP contribution in [0.1, 0.15) is 32.6 Å². The maximum Gasteiger partial charge on any atom is 0.180 e. The Balaban J connectivity index is 2.37. The summed E-state index contributed by atoms with van der Waals surface area (Å²) >= 11 is 3.47. The summed E-state index contributed by atoms with van der Waals surface area (Å²) in [6, 6.07) is 7.95. The first-order valence-corrected chi connectivity index (χ1v) is 10.0. The van der Waals surface area contributed by atoms with Gasteiger partial charge in [0.25, 0.3) is 0 Å². The number of para-hydroxylation sites is 1. The molecule has 20 heavy (non-hydrogen) atoms. The van der Waals surface area contributed by atoms with Gasteiger partial charge in [-0.1, -0.05) is 35.0 Å². The van der Waals surface area contributed by atoms with Crippen LogP contribution in [0.5, 0.6) is 0 Å². The fourth-order valence-corrected chi connectivity index (χ4v) is 3.89. The molecule has 1 aromatic rings. The molecule has 112 valence electrons. The third-order valence-electron chi connectivity index (χ3n) is 3.94. The number of sulfone groups is 1. The van der Waals surface area contributed by atoms with Gasteiger partial charge in [-0.05, 0) is 37.8 Å². The normalized spacial score (nSPS) is 15.9. The van der Waals surface area contributed by atoms with Crippen LogP contribution in [0.2, 0.25) is 0 Å². The number of halogens is 1. The lowest BCUT2D eigenvalue weighted by molar-refractivity contribution is 0.385. The van der Waals surface area contributed by atoms with E-state index < -0.39 is 9.84 Å². The van der Waals surface area contributed by atoms with E-state index in [9.17, 15) is 8.42 Å². The van der Waals surface area contributed by atoms with Crippen LogP contribution in [0.15, 0.2) is 29.2 Å². The number of nitrogens with zero attached hydrogens (tertiary/aromatic N) is 1. The summed E-state index contributed by atoms with van der Waals surface area (Å²) in [5.74, 6) is 0.154. The number of hydrogen-bond acceptors (Lipinski definition) is 3. The van der Waals surface area contributed by atoms with Gasteiger partial charge in [0.2, 0.25) is 0 Å². The molecule has 0 heterocycles. The molecule has 0 N–H and O–H groups in total. The maximum absolute atomic E-state index is 12.3. The molecule has 0 aromatic heterocycles. The second-order valence-electron chi connectivity index (χ2n) is 5.19. The summed E-state index contributed by atoms with van der Waals surface area (Å²) in [6.45, 7) is 2.62. The van der Waals surface area contributed by atoms with Gasteiger partial charge >= 0.3 is 0 Å². The van der Waals surface area contributed by atoms with Crippen molar-refractivity contribution in [3.63, 3.8) is 0 Å². The van der Waals surface area contributed by atoms with Gasteiger partial charge in [-0.2, -0.15) is 0 Å². The highest BCUT2D eigenvalue weighted by molar-refractivity contribution is 9.09. The Morgan fingerprint density at radius 1 is 1.30 bits per heavy atom. The molecule has 0 bridgehead atoms. The molecule has 0 saturated heterocycles. The summed E-state index contributed by atoms with van der Waals surface area (Å²) in [7, 11) is -3.17. The minimum Gasteiger partial charge on any atom is -0.367 e. The van der Waals surface area contributed by atoms with E-state index in [-0.39, 0.29) is 5.75 Å². The summed E-state index contributed by atoms with van der Waals surface area (Å²) in [4.78, 5) is 2.79. The molecule has 1 aliphatic carbocycles. The van der Waals surface area contributed by atoms with Gasteiger partial charge in [-0.15, -0.1) is 0 Å². The molecule has 0 spiro atoms. The first kappa shape index (κ1) is 15.8. The third kappa shape index (κ3) is 3.37.